The van der Waals surface area contributed by atoms with Gasteiger partial charge < -0.3 is 9.16 Å². The Balaban J connectivity index is 1.72. The second-order valence-electron chi connectivity index (χ2n) is 14.1. The minimum atomic E-state index is -2.43. The first-order valence-corrected chi connectivity index (χ1v) is 18.3. The quantitative estimate of drug-likeness (QED) is 0.0697. The van der Waals surface area contributed by atoms with E-state index in [4.69, 9.17) is 13.7 Å². The number of allylic oxidation sites excluding steroid dienone is 1. The van der Waals surface area contributed by atoms with Gasteiger partial charge in [0.15, 0.2) is 0 Å². The summed E-state index contributed by atoms with van der Waals surface area (Å²) < 4.78 is 46.2. The molecular formula is C39H49FO5PSi+. The minimum Gasteiger partial charge on any atom is -0.465 e. The van der Waals surface area contributed by atoms with Crippen LogP contribution in [0.2, 0.25) is 0 Å². The van der Waals surface area contributed by atoms with E-state index in [-0.39, 0.29) is 42.3 Å². The first kappa shape index (κ1) is 36.6. The van der Waals surface area contributed by atoms with Crippen LogP contribution in [0.5, 0.6) is 0 Å². The summed E-state index contributed by atoms with van der Waals surface area (Å²) in [4.78, 5) is 12.6. The number of rotatable bonds is 15. The van der Waals surface area contributed by atoms with Crippen molar-refractivity contribution >= 4 is 30.1 Å². The fourth-order valence-electron chi connectivity index (χ4n) is 7.51. The number of benzene rings is 3. The lowest BCUT2D eigenvalue weighted by atomic mass is 9.60. The molecule has 0 N–H and O–H groups in total. The van der Waals surface area contributed by atoms with Gasteiger partial charge in [-0.1, -0.05) is 114 Å². The van der Waals surface area contributed by atoms with Crippen molar-refractivity contribution in [3.05, 3.63) is 125 Å². The fraction of sp³-hybridized carbons (Fsp3) is 0.410. The molecule has 1 aliphatic rings. The predicted molar refractivity (Wildman–Crippen MR) is 192 cm³/mol. The van der Waals surface area contributed by atoms with Gasteiger partial charge in [0.25, 0.3) is 5.16 Å². The van der Waals surface area contributed by atoms with E-state index in [1.165, 1.54) is 12.1 Å². The van der Waals surface area contributed by atoms with Crippen LogP contribution in [0.3, 0.4) is 0 Å². The van der Waals surface area contributed by atoms with E-state index in [0.29, 0.717) is 23.5 Å². The van der Waals surface area contributed by atoms with E-state index in [2.05, 4.69) is 34.3 Å². The van der Waals surface area contributed by atoms with Gasteiger partial charge in [-0.2, -0.15) is 0 Å². The molecule has 0 spiro atoms. The van der Waals surface area contributed by atoms with Gasteiger partial charge in [-0.05, 0) is 69.1 Å². The Morgan fingerprint density at radius 1 is 0.979 bits per heavy atom. The predicted octanol–water partition coefficient (Wildman–Crippen LogP) is 8.94. The van der Waals surface area contributed by atoms with Gasteiger partial charge in [0.1, 0.15) is 22.9 Å². The van der Waals surface area contributed by atoms with E-state index in [9.17, 15) is 13.8 Å². The third-order valence-corrected chi connectivity index (χ3v) is 11.4. The maximum absolute atomic E-state index is 14.9. The van der Waals surface area contributed by atoms with Crippen LogP contribution < -0.4 is 0 Å². The summed E-state index contributed by atoms with van der Waals surface area (Å²) in [5.74, 6) is -0.986. The lowest BCUT2D eigenvalue weighted by Crippen LogP contribution is -2.36. The molecule has 1 unspecified atom stereocenters. The van der Waals surface area contributed by atoms with Crippen LogP contribution >= 0.6 is 8.03 Å². The Bertz CT molecular complexity index is 1530. The SMILES string of the molecule is C=C(CO[P+](=O)C(c1ccccc1)(c1ccccc1)[C@@H](C)COC(=O)CCCO[SiH3])C1=C(c2ccc(F)cc2)CC(C)(C)CC1(C)C. The Kier molecular flexibility index (Phi) is 12.3. The van der Waals surface area contributed by atoms with Crippen LogP contribution in [0.15, 0.2) is 103 Å². The lowest BCUT2D eigenvalue weighted by molar-refractivity contribution is -0.145. The van der Waals surface area contributed by atoms with Crippen molar-refractivity contribution in [1.82, 2.24) is 0 Å². The zero-order valence-electron chi connectivity index (χ0n) is 28.7. The average Bonchev–Trinajstić information content (AvgIpc) is 3.03. The molecule has 2 atom stereocenters. The van der Waals surface area contributed by atoms with Crippen molar-refractivity contribution in [3.63, 3.8) is 0 Å². The standard InChI is InChI=1S/C39H49FO5PSi/c1-28(36-34(30-19-21-33(40)22-20-30)24-37(3,4)27-38(36,5)6)25-44-46(42)39(31-14-9-7-10-15-31,32-16-11-8-12-17-32)29(2)26-43-35(41)18-13-23-45-47/h7-12,14-17,19-22,29H,1,13,18,23-27H2,2-6,47H3/q+1/t29-/m0/s1. The first-order valence-electron chi connectivity index (χ1n) is 16.4. The molecule has 0 amide bonds. The molecule has 0 heterocycles. The van der Waals surface area contributed by atoms with E-state index in [1.54, 1.807) is 0 Å². The minimum absolute atomic E-state index is 0.0247. The summed E-state index contributed by atoms with van der Waals surface area (Å²) in [5, 5.41) is -1.12. The molecule has 47 heavy (non-hydrogen) atoms. The van der Waals surface area contributed by atoms with Gasteiger partial charge in [0, 0.05) is 24.2 Å². The third kappa shape index (κ3) is 8.63. The maximum Gasteiger partial charge on any atom is 0.525 e. The number of hydrogen-bond donors (Lipinski definition) is 0. The number of hydrogen-bond acceptors (Lipinski definition) is 5. The zero-order valence-corrected chi connectivity index (χ0v) is 31.6. The normalized spacial score (nSPS) is 16.9. The number of carbonyl (C=O) groups is 1. The first-order chi connectivity index (χ1) is 22.3. The third-order valence-electron chi connectivity index (χ3n) is 9.11. The molecule has 4 rings (SSSR count). The molecular weight excluding hydrogens is 626 g/mol. The highest BCUT2D eigenvalue weighted by molar-refractivity contribution is 7.41. The second-order valence-corrected chi connectivity index (χ2v) is 16.1. The largest absolute Gasteiger partial charge is 0.525 e. The van der Waals surface area contributed by atoms with E-state index >= 15 is 0 Å². The molecule has 0 bridgehead atoms. The molecule has 3 aromatic rings. The lowest BCUT2D eigenvalue weighted by Gasteiger charge is -2.44. The molecule has 250 valence electrons. The average molecular weight is 676 g/mol. The van der Waals surface area contributed by atoms with Gasteiger partial charge in [-0.25, -0.2) is 4.39 Å². The molecule has 5 nitrogen and oxygen atoms in total. The van der Waals surface area contributed by atoms with Gasteiger partial charge >= 0.3 is 14.0 Å². The van der Waals surface area contributed by atoms with E-state index in [0.717, 1.165) is 46.3 Å². The van der Waals surface area contributed by atoms with E-state index in [1.807, 2.05) is 79.7 Å². The summed E-state index contributed by atoms with van der Waals surface area (Å²) in [6, 6.07) is 26.0. The fourth-order valence-corrected chi connectivity index (χ4v) is 9.42. The van der Waals surface area contributed by atoms with Crippen LogP contribution in [0.25, 0.3) is 5.57 Å². The van der Waals surface area contributed by atoms with Crippen LogP contribution in [0.1, 0.15) is 77.0 Å². The van der Waals surface area contributed by atoms with Crippen molar-refractivity contribution < 1.29 is 27.4 Å². The molecule has 0 fully saturated rings. The molecule has 0 aromatic heterocycles. The van der Waals surface area contributed by atoms with E-state index < -0.39 is 19.1 Å². The highest BCUT2D eigenvalue weighted by Crippen LogP contribution is 2.59. The van der Waals surface area contributed by atoms with Gasteiger partial charge in [-0.15, -0.1) is 4.52 Å². The second kappa shape index (κ2) is 15.8. The number of esters is 1. The van der Waals surface area contributed by atoms with Gasteiger partial charge in [0.2, 0.25) is 0 Å². The topological polar surface area (TPSA) is 61.8 Å². The molecule has 8 heteroatoms. The molecule has 1 aliphatic carbocycles. The smallest absolute Gasteiger partial charge is 0.465 e. The Labute approximate surface area is 284 Å². The van der Waals surface area contributed by atoms with Crippen LogP contribution in [0.4, 0.5) is 4.39 Å². The number of carbonyl (C=O) groups excluding carboxylic acids is 1. The molecule has 0 saturated heterocycles. The number of halogens is 1. The summed E-state index contributed by atoms with van der Waals surface area (Å²) >= 11 is 0. The molecule has 0 saturated carbocycles. The summed E-state index contributed by atoms with van der Waals surface area (Å²) in [7, 11) is -1.80. The van der Waals surface area contributed by atoms with Gasteiger partial charge in [0.05, 0.1) is 12.5 Å². The Morgan fingerprint density at radius 3 is 2.11 bits per heavy atom. The summed E-state index contributed by atoms with van der Waals surface area (Å²) in [6.07, 6.45) is 2.59. The van der Waals surface area contributed by atoms with Crippen LogP contribution in [-0.4, -0.2) is 36.3 Å². The molecule has 3 aromatic carbocycles. The highest BCUT2D eigenvalue weighted by Gasteiger charge is 2.59. The Morgan fingerprint density at radius 2 is 1.55 bits per heavy atom. The monoisotopic (exact) mass is 675 g/mol. The van der Waals surface area contributed by atoms with Gasteiger partial charge in [-0.3, -0.25) is 4.79 Å². The molecule has 0 radical (unpaired) electrons. The number of ether oxygens (including phenoxy) is 1. The van der Waals surface area contributed by atoms with Crippen LogP contribution in [-0.2, 0) is 28.2 Å². The summed E-state index contributed by atoms with van der Waals surface area (Å²) in [6.45, 7) is 16.0. The van der Waals surface area contributed by atoms with Crippen molar-refractivity contribution in [2.75, 3.05) is 19.8 Å². The zero-order chi connectivity index (χ0) is 34.2. The van der Waals surface area contributed by atoms with Crippen molar-refractivity contribution in [1.29, 1.82) is 0 Å². The van der Waals surface area contributed by atoms with Crippen molar-refractivity contribution in [2.45, 2.75) is 65.5 Å². The van der Waals surface area contributed by atoms with Crippen molar-refractivity contribution in [3.8, 4) is 0 Å². The highest BCUT2D eigenvalue weighted by atomic mass is 31.1. The van der Waals surface area contributed by atoms with Crippen LogP contribution in [0, 0.1) is 22.6 Å². The Hall–Kier alpha value is -3.22. The summed E-state index contributed by atoms with van der Waals surface area (Å²) in [5.41, 5.74) is 5.30. The maximum atomic E-state index is 14.9. The molecule has 0 aliphatic heterocycles. The van der Waals surface area contributed by atoms with Crippen molar-refractivity contribution in [2.24, 2.45) is 16.7 Å².